The summed E-state index contributed by atoms with van der Waals surface area (Å²) in [4.78, 5) is 36.3. The van der Waals surface area contributed by atoms with Crippen molar-refractivity contribution >= 4 is 34.2 Å². The molecule has 1 N–H and O–H groups in total. The van der Waals surface area contributed by atoms with E-state index in [2.05, 4.69) is 10.1 Å². The van der Waals surface area contributed by atoms with Gasteiger partial charge in [-0.05, 0) is 24.6 Å². The Labute approximate surface area is 159 Å². The summed E-state index contributed by atoms with van der Waals surface area (Å²) in [6, 6.07) is 8.45. The van der Waals surface area contributed by atoms with Crippen molar-refractivity contribution in [2.24, 2.45) is 0 Å². The number of carbonyl (C=O) groups excluding carboxylic acids is 3. The maximum atomic E-state index is 12.2. The van der Waals surface area contributed by atoms with Crippen molar-refractivity contribution in [3.05, 3.63) is 45.8 Å². The Morgan fingerprint density at radius 3 is 2.44 bits per heavy atom. The fourth-order valence-corrected chi connectivity index (χ4v) is 3.36. The third kappa shape index (κ3) is 4.43. The highest BCUT2D eigenvalue weighted by Crippen LogP contribution is 2.34. The lowest BCUT2D eigenvalue weighted by molar-refractivity contribution is -0.118. The van der Waals surface area contributed by atoms with E-state index in [-0.39, 0.29) is 27.8 Å². The molecule has 0 aliphatic heterocycles. The second-order valence-electron chi connectivity index (χ2n) is 5.19. The highest BCUT2D eigenvalue weighted by Gasteiger charge is 2.26. The summed E-state index contributed by atoms with van der Waals surface area (Å²) < 4.78 is 14.8. The standard InChI is InChI=1S/C18H16N2O6S/c1-10-14(17(22)24-2)16(27-15(10)18(23)25-3)20-13(21)9-26-12-7-5-4-6-11(12)8-19/h4-7H,9H2,1-3H3,(H,20,21). The molecule has 8 nitrogen and oxygen atoms in total. The topological polar surface area (TPSA) is 115 Å². The predicted octanol–water partition coefficient (Wildman–Crippen LogP) is 2.52. The molecule has 1 aromatic carbocycles. The molecule has 9 heteroatoms. The maximum Gasteiger partial charge on any atom is 0.348 e. The van der Waals surface area contributed by atoms with Gasteiger partial charge < -0.3 is 19.5 Å². The van der Waals surface area contributed by atoms with E-state index in [0.717, 1.165) is 11.3 Å². The molecule has 0 radical (unpaired) electrons. The number of amides is 1. The molecule has 1 heterocycles. The quantitative estimate of drug-likeness (QED) is 0.756. The minimum atomic E-state index is -0.690. The van der Waals surface area contributed by atoms with E-state index in [9.17, 15) is 14.4 Å². The van der Waals surface area contributed by atoms with Crippen molar-refractivity contribution in [2.75, 3.05) is 26.1 Å². The van der Waals surface area contributed by atoms with Crippen molar-refractivity contribution in [2.45, 2.75) is 6.92 Å². The second kappa shape index (κ2) is 8.82. The number of benzene rings is 1. The average Bonchev–Trinajstić information content (AvgIpc) is 3.01. The Balaban J connectivity index is 2.20. The van der Waals surface area contributed by atoms with Crippen molar-refractivity contribution in [3.63, 3.8) is 0 Å². The van der Waals surface area contributed by atoms with Gasteiger partial charge in [-0.15, -0.1) is 11.3 Å². The van der Waals surface area contributed by atoms with E-state index in [1.165, 1.54) is 14.2 Å². The van der Waals surface area contributed by atoms with Crippen LogP contribution in [-0.4, -0.2) is 38.7 Å². The monoisotopic (exact) mass is 388 g/mol. The fourth-order valence-electron chi connectivity index (χ4n) is 2.23. The normalized spacial score (nSPS) is 9.85. The lowest BCUT2D eigenvalue weighted by Gasteiger charge is -2.08. The number of nitriles is 1. The van der Waals surface area contributed by atoms with Gasteiger partial charge in [-0.1, -0.05) is 12.1 Å². The van der Waals surface area contributed by atoms with E-state index in [1.807, 2.05) is 6.07 Å². The third-order valence-electron chi connectivity index (χ3n) is 3.53. The number of ether oxygens (including phenoxy) is 3. The molecule has 2 aromatic rings. The molecule has 0 aliphatic carbocycles. The number of esters is 2. The third-order valence-corrected chi connectivity index (χ3v) is 4.71. The highest BCUT2D eigenvalue weighted by molar-refractivity contribution is 7.18. The van der Waals surface area contributed by atoms with Crippen molar-refractivity contribution < 1.29 is 28.6 Å². The lowest BCUT2D eigenvalue weighted by atomic mass is 10.1. The first-order chi connectivity index (χ1) is 12.9. The molecule has 0 unspecified atom stereocenters. The summed E-state index contributed by atoms with van der Waals surface area (Å²) in [5, 5.41) is 11.7. The number of rotatable bonds is 6. The number of methoxy groups -OCH3 is 2. The van der Waals surface area contributed by atoms with E-state index < -0.39 is 17.8 Å². The molecule has 27 heavy (non-hydrogen) atoms. The Bertz CT molecular complexity index is 928. The molecule has 0 bridgehead atoms. The van der Waals surface area contributed by atoms with Gasteiger partial charge in [0.1, 0.15) is 21.7 Å². The average molecular weight is 388 g/mol. The maximum absolute atomic E-state index is 12.2. The van der Waals surface area contributed by atoms with Crippen LogP contribution in [0.25, 0.3) is 0 Å². The molecule has 0 saturated heterocycles. The van der Waals surface area contributed by atoms with Gasteiger partial charge in [-0.3, -0.25) is 4.79 Å². The summed E-state index contributed by atoms with van der Waals surface area (Å²) in [7, 11) is 2.42. The number of nitrogens with one attached hydrogen (secondary N) is 1. The van der Waals surface area contributed by atoms with Crippen LogP contribution in [0.5, 0.6) is 5.75 Å². The largest absolute Gasteiger partial charge is 0.482 e. The van der Waals surface area contributed by atoms with E-state index >= 15 is 0 Å². The van der Waals surface area contributed by atoms with Gasteiger partial charge in [0.2, 0.25) is 0 Å². The first kappa shape index (κ1) is 19.9. The van der Waals surface area contributed by atoms with Crippen LogP contribution in [-0.2, 0) is 14.3 Å². The first-order valence-electron chi connectivity index (χ1n) is 7.64. The first-order valence-corrected chi connectivity index (χ1v) is 8.46. The van der Waals surface area contributed by atoms with Gasteiger partial charge in [0.15, 0.2) is 6.61 Å². The number of hydrogen-bond donors (Lipinski definition) is 1. The summed E-state index contributed by atoms with van der Waals surface area (Å²) in [5.41, 5.74) is 0.721. The zero-order valence-corrected chi connectivity index (χ0v) is 15.6. The smallest absolute Gasteiger partial charge is 0.348 e. The van der Waals surface area contributed by atoms with Crippen LogP contribution in [0, 0.1) is 18.3 Å². The number of carbonyl (C=O) groups is 3. The van der Waals surface area contributed by atoms with Gasteiger partial charge in [-0.2, -0.15) is 5.26 Å². The molecular formula is C18H16N2O6S. The van der Waals surface area contributed by atoms with E-state index in [0.29, 0.717) is 11.1 Å². The van der Waals surface area contributed by atoms with Gasteiger partial charge in [0, 0.05) is 0 Å². The summed E-state index contributed by atoms with van der Waals surface area (Å²) in [5.74, 6) is -1.61. The minimum Gasteiger partial charge on any atom is -0.482 e. The minimum absolute atomic E-state index is 0.0775. The van der Waals surface area contributed by atoms with E-state index in [1.54, 1.807) is 31.2 Å². The van der Waals surface area contributed by atoms with Crippen LogP contribution >= 0.6 is 11.3 Å². The zero-order valence-electron chi connectivity index (χ0n) is 14.8. The van der Waals surface area contributed by atoms with E-state index in [4.69, 9.17) is 14.7 Å². The molecule has 0 aliphatic rings. The highest BCUT2D eigenvalue weighted by atomic mass is 32.1. The molecule has 0 saturated carbocycles. The Morgan fingerprint density at radius 1 is 1.15 bits per heavy atom. The van der Waals surface area contributed by atoms with Gasteiger partial charge >= 0.3 is 11.9 Å². The Kier molecular flexibility index (Phi) is 6.51. The van der Waals surface area contributed by atoms with Crippen LogP contribution < -0.4 is 10.1 Å². The molecular weight excluding hydrogens is 372 g/mol. The van der Waals surface area contributed by atoms with Crippen LogP contribution in [0.1, 0.15) is 31.2 Å². The van der Waals surface area contributed by atoms with Crippen LogP contribution in [0.4, 0.5) is 5.00 Å². The summed E-state index contributed by atoms with van der Waals surface area (Å²) in [6.45, 7) is 1.17. The number of anilines is 1. The van der Waals surface area contributed by atoms with Crippen LogP contribution in [0.3, 0.4) is 0 Å². The summed E-state index contributed by atoms with van der Waals surface area (Å²) >= 11 is 0.905. The van der Waals surface area contributed by atoms with Crippen LogP contribution in [0.2, 0.25) is 0 Å². The van der Waals surface area contributed by atoms with Crippen LogP contribution in [0.15, 0.2) is 24.3 Å². The molecule has 2 rings (SSSR count). The predicted molar refractivity (Wildman–Crippen MR) is 97.0 cm³/mol. The number of nitrogens with zero attached hydrogens (tertiary/aromatic N) is 1. The molecule has 1 aromatic heterocycles. The van der Waals surface area contributed by atoms with Gasteiger partial charge in [0.25, 0.3) is 5.91 Å². The number of thiophene rings is 1. The van der Waals surface area contributed by atoms with Gasteiger partial charge in [-0.25, -0.2) is 9.59 Å². The van der Waals surface area contributed by atoms with Crippen molar-refractivity contribution in [3.8, 4) is 11.8 Å². The molecule has 0 spiro atoms. The van der Waals surface area contributed by atoms with Gasteiger partial charge in [0.05, 0.1) is 25.3 Å². The Hall–Kier alpha value is -3.38. The molecule has 140 valence electrons. The van der Waals surface area contributed by atoms with Crippen molar-refractivity contribution in [1.29, 1.82) is 5.26 Å². The Morgan fingerprint density at radius 2 is 1.81 bits per heavy atom. The lowest BCUT2D eigenvalue weighted by Crippen LogP contribution is -2.21. The molecule has 1 amide bonds. The second-order valence-corrected chi connectivity index (χ2v) is 6.21. The summed E-state index contributed by atoms with van der Waals surface area (Å²) in [6.07, 6.45) is 0. The molecule has 0 fully saturated rings. The number of hydrogen-bond acceptors (Lipinski definition) is 8. The van der Waals surface area contributed by atoms with Crippen molar-refractivity contribution in [1.82, 2.24) is 0 Å². The zero-order chi connectivity index (χ0) is 20.0. The number of para-hydroxylation sites is 1. The SMILES string of the molecule is COC(=O)c1sc(NC(=O)COc2ccccc2C#N)c(C(=O)OC)c1C. The fraction of sp³-hybridized carbons (Fsp3) is 0.222. The molecule has 0 atom stereocenters.